The molecule has 0 radical (unpaired) electrons. The molecule has 17 heavy (non-hydrogen) atoms. The predicted octanol–water partition coefficient (Wildman–Crippen LogP) is 1.98. The molecule has 0 aliphatic rings. The molecule has 2 rings (SSSR count). The maximum absolute atomic E-state index is 5.19. The molecular weight excluding hydrogens is 234 g/mol. The predicted molar refractivity (Wildman–Crippen MR) is 69.9 cm³/mol. The second-order valence-electron chi connectivity index (χ2n) is 3.98. The van der Waals surface area contributed by atoms with Gasteiger partial charge in [-0.25, -0.2) is 4.68 Å². The molecule has 0 amide bonds. The Bertz CT molecular complexity index is 536. The van der Waals surface area contributed by atoms with E-state index in [1.165, 1.54) is 5.69 Å². The largest absolute Gasteiger partial charge is 0.353 e. The molecular formula is C11H17N5S. The van der Waals surface area contributed by atoms with Gasteiger partial charge < -0.3 is 9.99 Å². The average Bonchev–Trinajstić information content (AvgIpc) is 2.85. The normalized spacial score (nSPS) is 10.7. The van der Waals surface area contributed by atoms with Crippen LogP contribution >= 0.6 is 12.2 Å². The Morgan fingerprint density at radius 2 is 2.35 bits per heavy atom. The van der Waals surface area contributed by atoms with E-state index in [2.05, 4.69) is 33.2 Å². The number of hydrogen-bond donors (Lipinski definition) is 2. The molecule has 0 bridgehead atoms. The SMILES string of the molecule is CCCc1n[nH]c(=S)n1NCc1cccn1C. The van der Waals surface area contributed by atoms with Crippen molar-refractivity contribution in [1.82, 2.24) is 19.4 Å². The highest BCUT2D eigenvalue weighted by atomic mass is 32.1. The lowest BCUT2D eigenvalue weighted by atomic mass is 10.3. The Balaban J connectivity index is 2.11. The van der Waals surface area contributed by atoms with Gasteiger partial charge in [-0.1, -0.05) is 6.92 Å². The molecule has 5 nitrogen and oxygen atoms in total. The molecule has 92 valence electrons. The van der Waals surface area contributed by atoms with Crippen molar-refractivity contribution in [3.8, 4) is 0 Å². The molecule has 0 saturated heterocycles. The smallest absolute Gasteiger partial charge is 0.214 e. The van der Waals surface area contributed by atoms with Gasteiger partial charge in [-0.2, -0.15) is 5.10 Å². The van der Waals surface area contributed by atoms with Crippen molar-refractivity contribution in [3.63, 3.8) is 0 Å². The summed E-state index contributed by atoms with van der Waals surface area (Å²) < 4.78 is 4.55. The summed E-state index contributed by atoms with van der Waals surface area (Å²) in [5, 5.41) is 7.02. The van der Waals surface area contributed by atoms with E-state index in [1.807, 2.05) is 24.0 Å². The second kappa shape index (κ2) is 5.18. The van der Waals surface area contributed by atoms with Gasteiger partial charge in [0.1, 0.15) is 0 Å². The van der Waals surface area contributed by atoms with E-state index in [0.29, 0.717) is 4.77 Å². The summed E-state index contributed by atoms with van der Waals surface area (Å²) >= 11 is 5.19. The van der Waals surface area contributed by atoms with Crippen LogP contribution in [0.3, 0.4) is 0 Å². The minimum absolute atomic E-state index is 0.614. The summed E-state index contributed by atoms with van der Waals surface area (Å²) in [5.41, 5.74) is 4.49. The lowest BCUT2D eigenvalue weighted by Gasteiger charge is -2.10. The van der Waals surface area contributed by atoms with Crippen LogP contribution in [-0.2, 0) is 20.0 Å². The third-order valence-corrected chi connectivity index (χ3v) is 2.96. The van der Waals surface area contributed by atoms with Crippen LogP contribution < -0.4 is 5.43 Å². The molecule has 0 atom stereocenters. The molecule has 2 aromatic heterocycles. The molecule has 2 aromatic rings. The first kappa shape index (κ1) is 11.9. The van der Waals surface area contributed by atoms with Crippen molar-refractivity contribution in [2.24, 2.45) is 7.05 Å². The number of aromatic nitrogens is 4. The Morgan fingerprint density at radius 3 is 3.00 bits per heavy atom. The zero-order chi connectivity index (χ0) is 12.3. The Kier molecular flexibility index (Phi) is 3.63. The van der Waals surface area contributed by atoms with E-state index in [9.17, 15) is 0 Å². The van der Waals surface area contributed by atoms with Gasteiger partial charge in [0.15, 0.2) is 5.82 Å². The second-order valence-corrected chi connectivity index (χ2v) is 4.36. The van der Waals surface area contributed by atoms with Crippen LogP contribution in [0.15, 0.2) is 18.3 Å². The highest BCUT2D eigenvalue weighted by Crippen LogP contribution is 2.03. The van der Waals surface area contributed by atoms with E-state index in [0.717, 1.165) is 25.2 Å². The average molecular weight is 251 g/mol. The van der Waals surface area contributed by atoms with Crippen LogP contribution in [0.4, 0.5) is 0 Å². The molecule has 0 unspecified atom stereocenters. The van der Waals surface area contributed by atoms with Gasteiger partial charge in [0.25, 0.3) is 0 Å². The van der Waals surface area contributed by atoms with Gasteiger partial charge in [0.2, 0.25) is 4.77 Å². The van der Waals surface area contributed by atoms with E-state index in [-0.39, 0.29) is 0 Å². The number of aryl methyl sites for hydroxylation is 2. The lowest BCUT2D eigenvalue weighted by molar-refractivity contribution is 0.711. The fraction of sp³-hybridized carbons (Fsp3) is 0.455. The van der Waals surface area contributed by atoms with Gasteiger partial charge in [0, 0.05) is 25.4 Å². The van der Waals surface area contributed by atoms with Crippen LogP contribution in [0, 0.1) is 4.77 Å². The van der Waals surface area contributed by atoms with Gasteiger partial charge in [-0.15, -0.1) is 0 Å². The third kappa shape index (κ3) is 2.58. The number of aromatic amines is 1. The van der Waals surface area contributed by atoms with Crippen molar-refractivity contribution in [2.45, 2.75) is 26.3 Å². The van der Waals surface area contributed by atoms with Crippen molar-refractivity contribution in [3.05, 3.63) is 34.6 Å². The van der Waals surface area contributed by atoms with E-state index >= 15 is 0 Å². The third-order valence-electron chi connectivity index (χ3n) is 2.69. The van der Waals surface area contributed by atoms with Gasteiger partial charge in [-0.05, 0) is 30.8 Å². The van der Waals surface area contributed by atoms with E-state index in [4.69, 9.17) is 12.2 Å². The van der Waals surface area contributed by atoms with Gasteiger partial charge >= 0.3 is 0 Å². The molecule has 2 N–H and O–H groups in total. The van der Waals surface area contributed by atoms with E-state index in [1.54, 1.807) is 0 Å². The molecule has 0 spiro atoms. The zero-order valence-electron chi connectivity index (χ0n) is 10.1. The quantitative estimate of drug-likeness (QED) is 0.799. The fourth-order valence-electron chi connectivity index (χ4n) is 1.72. The lowest BCUT2D eigenvalue weighted by Crippen LogP contribution is -2.18. The first-order chi connectivity index (χ1) is 8.22. The highest BCUT2D eigenvalue weighted by molar-refractivity contribution is 7.71. The Morgan fingerprint density at radius 1 is 1.53 bits per heavy atom. The molecule has 0 saturated carbocycles. The number of nitrogens with one attached hydrogen (secondary N) is 2. The number of rotatable bonds is 5. The molecule has 6 heteroatoms. The first-order valence-electron chi connectivity index (χ1n) is 5.72. The summed E-state index contributed by atoms with van der Waals surface area (Å²) in [5.74, 6) is 0.951. The van der Waals surface area contributed by atoms with Crippen molar-refractivity contribution in [1.29, 1.82) is 0 Å². The molecule has 0 fully saturated rings. The summed E-state index contributed by atoms with van der Waals surface area (Å²) in [7, 11) is 2.03. The molecule has 0 aromatic carbocycles. The van der Waals surface area contributed by atoms with Gasteiger partial charge in [0.05, 0.1) is 6.54 Å². The van der Waals surface area contributed by atoms with Gasteiger partial charge in [-0.3, -0.25) is 5.10 Å². The standard InChI is InChI=1S/C11H17N5S/c1-3-5-10-13-14-11(17)16(10)12-8-9-6-4-7-15(9)2/h4,6-7,12H,3,5,8H2,1-2H3,(H,14,17). The topological polar surface area (TPSA) is 50.6 Å². The minimum atomic E-state index is 0.614. The number of hydrogen-bond acceptors (Lipinski definition) is 3. The minimum Gasteiger partial charge on any atom is -0.353 e. The molecule has 2 heterocycles. The monoisotopic (exact) mass is 251 g/mol. The highest BCUT2D eigenvalue weighted by Gasteiger charge is 2.05. The summed E-state index contributed by atoms with van der Waals surface area (Å²) in [6, 6.07) is 4.11. The number of H-pyrrole nitrogens is 1. The zero-order valence-corrected chi connectivity index (χ0v) is 10.9. The number of nitrogens with zero attached hydrogens (tertiary/aromatic N) is 3. The Hall–Kier alpha value is -1.56. The maximum atomic E-state index is 5.19. The summed E-state index contributed by atoms with van der Waals surface area (Å²) in [4.78, 5) is 0. The van der Waals surface area contributed by atoms with Crippen molar-refractivity contribution in [2.75, 3.05) is 5.43 Å². The first-order valence-corrected chi connectivity index (χ1v) is 6.13. The molecule has 0 aliphatic carbocycles. The van der Waals surface area contributed by atoms with E-state index < -0.39 is 0 Å². The fourth-order valence-corrected chi connectivity index (χ4v) is 1.94. The summed E-state index contributed by atoms with van der Waals surface area (Å²) in [6.45, 7) is 2.85. The van der Waals surface area contributed by atoms with Crippen LogP contribution in [0.5, 0.6) is 0 Å². The Labute approximate surface area is 105 Å². The maximum Gasteiger partial charge on any atom is 0.214 e. The van der Waals surface area contributed by atoms with Crippen molar-refractivity contribution < 1.29 is 0 Å². The summed E-state index contributed by atoms with van der Waals surface area (Å²) in [6.07, 6.45) is 3.98. The molecule has 0 aliphatic heterocycles. The van der Waals surface area contributed by atoms with Crippen LogP contribution in [0.25, 0.3) is 0 Å². The van der Waals surface area contributed by atoms with Crippen molar-refractivity contribution >= 4 is 12.2 Å². The van der Waals surface area contributed by atoms with Crippen LogP contribution in [0.2, 0.25) is 0 Å². The van der Waals surface area contributed by atoms with Crippen LogP contribution in [0.1, 0.15) is 24.9 Å². The van der Waals surface area contributed by atoms with Crippen LogP contribution in [-0.4, -0.2) is 19.4 Å².